The lowest BCUT2D eigenvalue weighted by Crippen LogP contribution is -2.21. The van der Waals surface area contributed by atoms with Crippen molar-refractivity contribution in [3.05, 3.63) is 64.7 Å². The van der Waals surface area contributed by atoms with Crippen LogP contribution in [0.2, 0.25) is 0 Å². The first-order valence-electron chi connectivity index (χ1n) is 5.50. The highest BCUT2D eigenvalue weighted by atomic mass is 19.1. The summed E-state index contributed by atoms with van der Waals surface area (Å²) in [7, 11) is 0. The van der Waals surface area contributed by atoms with Crippen LogP contribution in [0.4, 0.5) is 14.6 Å². The number of benzene rings is 1. The van der Waals surface area contributed by atoms with Gasteiger partial charge in [0.2, 0.25) is 0 Å². The average Bonchev–Trinajstić information content (AvgIpc) is 2.41. The number of hydrogen-bond acceptors (Lipinski definition) is 3. The monoisotopic (exact) mass is 263 g/mol. The molecule has 98 valence electrons. The van der Waals surface area contributed by atoms with Crippen LogP contribution < -0.4 is 11.0 Å². The van der Waals surface area contributed by atoms with E-state index in [0.29, 0.717) is 5.56 Å². The van der Waals surface area contributed by atoms with Crippen LogP contribution in [0.5, 0.6) is 0 Å². The van der Waals surface area contributed by atoms with E-state index in [-0.39, 0.29) is 12.4 Å². The highest BCUT2D eigenvalue weighted by Gasteiger charge is 2.08. The molecule has 0 atom stereocenters. The van der Waals surface area contributed by atoms with E-state index in [1.54, 1.807) is 18.2 Å². The van der Waals surface area contributed by atoms with Gasteiger partial charge in [-0.2, -0.15) is 4.98 Å². The minimum atomic E-state index is -0.712. The first-order chi connectivity index (χ1) is 9.11. The molecule has 19 heavy (non-hydrogen) atoms. The van der Waals surface area contributed by atoms with E-state index in [9.17, 15) is 13.6 Å². The molecule has 6 heteroatoms. The highest BCUT2D eigenvalue weighted by Crippen LogP contribution is 2.11. The summed E-state index contributed by atoms with van der Waals surface area (Å²) in [6.07, 6.45) is 2.12. The smallest absolute Gasteiger partial charge is 0.353 e. The molecule has 0 saturated heterocycles. The lowest BCUT2D eigenvalue weighted by atomic mass is 10.2. The molecule has 0 spiro atoms. The lowest BCUT2D eigenvalue weighted by molar-refractivity contribution is 0.601. The number of halogens is 2. The predicted molar refractivity (Wildman–Crippen MR) is 68.6 cm³/mol. The first kappa shape index (κ1) is 12.9. The van der Waals surface area contributed by atoms with E-state index in [4.69, 9.17) is 0 Å². The summed E-state index contributed by atoms with van der Waals surface area (Å²) in [5, 5.41) is 2.59. The van der Waals surface area contributed by atoms with E-state index in [1.807, 2.05) is 0 Å². The van der Waals surface area contributed by atoms with Crippen molar-refractivity contribution >= 4 is 12.0 Å². The second kappa shape index (κ2) is 5.43. The molecular weight excluding hydrogens is 252 g/mol. The summed E-state index contributed by atoms with van der Waals surface area (Å²) in [6.45, 7) is 3.39. The maximum atomic E-state index is 13.6. The Bertz CT molecular complexity index is 667. The Hall–Kier alpha value is -2.50. The third kappa shape index (κ3) is 2.85. The number of nitrogens with one attached hydrogen (secondary N) is 1. The van der Waals surface area contributed by atoms with E-state index >= 15 is 0 Å². The summed E-state index contributed by atoms with van der Waals surface area (Å²) in [5.41, 5.74) is -0.302. The zero-order chi connectivity index (χ0) is 13.8. The quantitative estimate of drug-likeness (QED) is 0.920. The molecule has 0 aliphatic rings. The minimum Gasteiger partial charge on any atom is -0.363 e. The van der Waals surface area contributed by atoms with Gasteiger partial charge in [-0.05, 0) is 6.07 Å². The molecule has 0 amide bonds. The van der Waals surface area contributed by atoms with Gasteiger partial charge in [-0.15, -0.1) is 0 Å². The van der Waals surface area contributed by atoms with Crippen molar-refractivity contribution < 1.29 is 8.78 Å². The van der Waals surface area contributed by atoms with Crippen molar-refractivity contribution in [2.75, 3.05) is 5.32 Å². The maximum Gasteiger partial charge on any atom is 0.353 e. The van der Waals surface area contributed by atoms with Crippen LogP contribution in [0.1, 0.15) is 5.56 Å². The minimum absolute atomic E-state index is 0.0358. The molecule has 0 aliphatic heterocycles. The SMILES string of the molecule is C=Cn1cc(F)c(NCc2ccccc2F)nc1=O. The molecule has 4 nitrogen and oxygen atoms in total. The largest absolute Gasteiger partial charge is 0.363 e. The molecular formula is C13H11F2N3O. The Kier molecular flexibility index (Phi) is 3.70. The molecule has 0 aliphatic carbocycles. The van der Waals surface area contributed by atoms with Crippen molar-refractivity contribution in [3.8, 4) is 0 Å². The molecule has 0 radical (unpaired) electrons. The van der Waals surface area contributed by atoms with Gasteiger partial charge in [0.05, 0.1) is 6.20 Å². The van der Waals surface area contributed by atoms with Crippen LogP contribution >= 0.6 is 0 Å². The fourth-order valence-electron chi connectivity index (χ4n) is 1.52. The molecule has 1 N–H and O–H groups in total. The second-order valence-electron chi connectivity index (χ2n) is 3.75. The topological polar surface area (TPSA) is 46.9 Å². The Balaban J connectivity index is 2.21. The molecule has 2 aromatic rings. The number of rotatable bonds is 4. The van der Waals surface area contributed by atoms with Gasteiger partial charge in [0.15, 0.2) is 11.6 Å². The standard InChI is InChI=1S/C13H11F2N3O/c1-2-18-8-11(15)12(17-13(18)19)16-7-9-5-3-4-6-10(9)14/h2-6,8H,1,7H2,(H,16,17,19). The molecule has 2 rings (SSSR count). The van der Waals surface area contributed by atoms with Crippen molar-refractivity contribution in [3.63, 3.8) is 0 Å². The molecule has 1 aromatic heterocycles. The molecule has 0 saturated carbocycles. The first-order valence-corrected chi connectivity index (χ1v) is 5.50. The van der Waals surface area contributed by atoms with Gasteiger partial charge in [-0.1, -0.05) is 24.8 Å². The third-order valence-corrected chi connectivity index (χ3v) is 2.51. The average molecular weight is 263 g/mol. The molecule has 1 heterocycles. The van der Waals surface area contributed by atoms with E-state index in [1.165, 1.54) is 6.07 Å². The van der Waals surface area contributed by atoms with Crippen LogP contribution in [0, 0.1) is 11.6 Å². The van der Waals surface area contributed by atoms with E-state index < -0.39 is 17.3 Å². The van der Waals surface area contributed by atoms with Crippen LogP contribution in [0.15, 0.2) is 41.8 Å². The predicted octanol–water partition coefficient (Wildman–Crippen LogP) is 2.23. The fraction of sp³-hybridized carbons (Fsp3) is 0.0769. The number of aromatic nitrogens is 2. The van der Waals surface area contributed by atoms with Gasteiger partial charge in [0.1, 0.15) is 5.82 Å². The second-order valence-corrected chi connectivity index (χ2v) is 3.75. The Morgan fingerprint density at radius 3 is 2.74 bits per heavy atom. The molecule has 1 aromatic carbocycles. The van der Waals surface area contributed by atoms with Crippen LogP contribution in [-0.4, -0.2) is 9.55 Å². The van der Waals surface area contributed by atoms with Crippen molar-refractivity contribution in [2.45, 2.75) is 6.54 Å². The normalized spacial score (nSPS) is 10.2. The zero-order valence-corrected chi connectivity index (χ0v) is 9.94. The van der Waals surface area contributed by atoms with Gasteiger partial charge >= 0.3 is 5.69 Å². The van der Waals surface area contributed by atoms with Crippen molar-refractivity contribution in [1.29, 1.82) is 0 Å². The van der Waals surface area contributed by atoms with Gasteiger partial charge < -0.3 is 5.32 Å². The summed E-state index contributed by atoms with van der Waals surface area (Å²) < 4.78 is 27.9. The Labute approximate surface area is 108 Å². The number of hydrogen-bond donors (Lipinski definition) is 1. The Morgan fingerprint density at radius 1 is 1.32 bits per heavy atom. The third-order valence-electron chi connectivity index (χ3n) is 2.51. The van der Waals surface area contributed by atoms with Gasteiger partial charge in [0.25, 0.3) is 0 Å². The van der Waals surface area contributed by atoms with Gasteiger partial charge in [-0.3, -0.25) is 4.57 Å². The molecule has 0 fully saturated rings. The van der Waals surface area contributed by atoms with Crippen molar-refractivity contribution in [1.82, 2.24) is 9.55 Å². The molecule has 0 unspecified atom stereocenters. The zero-order valence-electron chi connectivity index (χ0n) is 9.94. The Morgan fingerprint density at radius 2 is 2.05 bits per heavy atom. The van der Waals surface area contributed by atoms with Crippen LogP contribution in [0.3, 0.4) is 0 Å². The fourth-order valence-corrected chi connectivity index (χ4v) is 1.52. The van der Waals surface area contributed by atoms with Gasteiger partial charge in [0, 0.05) is 18.3 Å². The van der Waals surface area contributed by atoms with Crippen LogP contribution in [0.25, 0.3) is 6.20 Å². The number of nitrogens with zero attached hydrogens (tertiary/aromatic N) is 2. The molecule has 0 bridgehead atoms. The summed E-state index contributed by atoms with van der Waals surface area (Å²) in [6, 6.07) is 6.09. The van der Waals surface area contributed by atoms with Crippen LogP contribution in [-0.2, 0) is 6.54 Å². The summed E-state index contributed by atoms with van der Waals surface area (Å²) in [5.74, 6) is -1.34. The maximum absolute atomic E-state index is 13.6. The summed E-state index contributed by atoms with van der Waals surface area (Å²) >= 11 is 0. The van der Waals surface area contributed by atoms with Gasteiger partial charge in [-0.25, -0.2) is 13.6 Å². The highest BCUT2D eigenvalue weighted by molar-refractivity contribution is 5.37. The lowest BCUT2D eigenvalue weighted by Gasteiger charge is -2.08. The van der Waals surface area contributed by atoms with Crippen molar-refractivity contribution in [2.24, 2.45) is 0 Å². The number of anilines is 1. The van der Waals surface area contributed by atoms with E-state index in [0.717, 1.165) is 17.0 Å². The summed E-state index contributed by atoms with van der Waals surface area (Å²) in [4.78, 5) is 14.9. The van der Waals surface area contributed by atoms with E-state index in [2.05, 4.69) is 16.9 Å².